The molecule has 1 amide bonds. The molecule has 2 aliphatic rings. The first-order chi connectivity index (χ1) is 9.47. The molecular weight excluding hydrogens is 258 g/mol. The second-order valence-electron chi connectivity index (χ2n) is 5.70. The van der Waals surface area contributed by atoms with Crippen LogP contribution in [0.3, 0.4) is 0 Å². The highest BCUT2D eigenvalue weighted by atomic mass is 16.4. The Labute approximate surface area is 117 Å². The number of aliphatic hydroxyl groups excluding tert-OH is 1. The molecule has 3 heterocycles. The Kier molecular flexibility index (Phi) is 3.05. The molecule has 20 heavy (non-hydrogen) atoms. The van der Waals surface area contributed by atoms with E-state index < -0.39 is 12.2 Å². The van der Waals surface area contributed by atoms with E-state index in [2.05, 4.69) is 9.88 Å². The van der Waals surface area contributed by atoms with Gasteiger partial charge < -0.3 is 20.0 Å². The lowest BCUT2D eigenvalue weighted by molar-refractivity contribution is 0.128. The largest absolute Gasteiger partial charge is 0.465 e. The molecule has 0 radical (unpaired) electrons. The van der Waals surface area contributed by atoms with E-state index in [9.17, 15) is 9.90 Å². The van der Waals surface area contributed by atoms with Gasteiger partial charge in [-0.2, -0.15) is 0 Å². The van der Waals surface area contributed by atoms with Crippen LogP contribution < -0.4 is 4.90 Å². The first-order valence-electron chi connectivity index (χ1n) is 6.91. The summed E-state index contributed by atoms with van der Waals surface area (Å²) in [5.41, 5.74) is 1.80. The van der Waals surface area contributed by atoms with Crippen molar-refractivity contribution in [2.24, 2.45) is 0 Å². The van der Waals surface area contributed by atoms with E-state index in [1.54, 1.807) is 6.92 Å². The maximum Gasteiger partial charge on any atom is 0.407 e. The van der Waals surface area contributed by atoms with Crippen molar-refractivity contribution in [2.75, 3.05) is 18.0 Å². The van der Waals surface area contributed by atoms with E-state index >= 15 is 0 Å². The molecule has 1 fully saturated rings. The summed E-state index contributed by atoms with van der Waals surface area (Å²) in [7, 11) is 0. The summed E-state index contributed by atoms with van der Waals surface area (Å²) in [6, 6.07) is 4.10. The average molecular weight is 277 g/mol. The number of nitrogens with zero attached hydrogens (tertiary/aromatic N) is 3. The second-order valence-corrected chi connectivity index (χ2v) is 5.70. The molecule has 1 aromatic heterocycles. The van der Waals surface area contributed by atoms with Crippen LogP contribution in [0.1, 0.15) is 31.2 Å². The molecule has 108 valence electrons. The zero-order valence-corrected chi connectivity index (χ0v) is 11.7. The van der Waals surface area contributed by atoms with Gasteiger partial charge in [-0.3, -0.25) is 0 Å². The molecule has 0 aliphatic carbocycles. The molecule has 0 spiro atoms. The van der Waals surface area contributed by atoms with E-state index in [1.807, 2.05) is 19.1 Å². The molecule has 6 nitrogen and oxygen atoms in total. The first kappa shape index (κ1) is 13.2. The third-order valence-electron chi connectivity index (χ3n) is 4.16. The van der Waals surface area contributed by atoms with Gasteiger partial charge in [-0.15, -0.1) is 0 Å². The SMILES string of the molecule is C[C@@H]1CN(C(=O)O)C[C@H]2Cc3ccc([C@@H](C)O)nc3N21. The first-order valence-corrected chi connectivity index (χ1v) is 6.91. The topological polar surface area (TPSA) is 76.9 Å². The molecule has 0 aromatic carbocycles. The number of carbonyl (C=O) groups is 1. The fraction of sp³-hybridized carbons (Fsp3) is 0.571. The number of anilines is 1. The Morgan fingerprint density at radius 2 is 2.20 bits per heavy atom. The average Bonchev–Trinajstić information content (AvgIpc) is 2.75. The van der Waals surface area contributed by atoms with Crippen LogP contribution in [0.25, 0.3) is 0 Å². The van der Waals surface area contributed by atoms with Crippen molar-refractivity contribution >= 4 is 11.9 Å². The van der Waals surface area contributed by atoms with Gasteiger partial charge in [-0.05, 0) is 31.9 Å². The van der Waals surface area contributed by atoms with E-state index in [1.165, 1.54) is 4.90 Å². The molecular formula is C14H19N3O3. The minimum atomic E-state index is -0.856. The molecule has 3 rings (SSSR count). The number of piperazine rings is 1. The molecule has 2 N–H and O–H groups in total. The van der Waals surface area contributed by atoms with E-state index in [4.69, 9.17) is 5.11 Å². The van der Waals surface area contributed by atoms with Gasteiger partial charge in [0.25, 0.3) is 0 Å². The summed E-state index contributed by atoms with van der Waals surface area (Å²) in [6.07, 6.45) is -0.628. The minimum absolute atomic E-state index is 0.0999. The van der Waals surface area contributed by atoms with Crippen molar-refractivity contribution in [3.8, 4) is 0 Å². The standard InChI is InChI=1S/C14H19N3O3/c1-8-6-16(14(19)20)7-11-5-10-3-4-12(9(2)18)15-13(10)17(8)11/h3-4,8-9,11,18H,5-7H2,1-2H3,(H,19,20)/t8-,9-,11-/m1/s1. The maximum absolute atomic E-state index is 11.2. The number of hydrogen-bond acceptors (Lipinski definition) is 4. The van der Waals surface area contributed by atoms with Crippen molar-refractivity contribution in [3.05, 3.63) is 23.4 Å². The zero-order chi connectivity index (χ0) is 14.4. The number of hydrogen-bond donors (Lipinski definition) is 2. The Morgan fingerprint density at radius 3 is 2.85 bits per heavy atom. The van der Waals surface area contributed by atoms with Gasteiger partial charge in [-0.25, -0.2) is 9.78 Å². The van der Waals surface area contributed by atoms with Crippen LogP contribution in [-0.4, -0.2) is 51.4 Å². The van der Waals surface area contributed by atoms with Gasteiger partial charge in [0.05, 0.1) is 17.8 Å². The fourth-order valence-corrected chi connectivity index (χ4v) is 3.25. The number of aliphatic hydroxyl groups is 1. The van der Waals surface area contributed by atoms with Gasteiger partial charge in [0.2, 0.25) is 0 Å². The summed E-state index contributed by atoms with van der Waals surface area (Å²) in [4.78, 5) is 19.4. The highest BCUT2D eigenvalue weighted by Gasteiger charge is 2.40. The minimum Gasteiger partial charge on any atom is -0.465 e. The molecule has 6 heteroatoms. The lowest BCUT2D eigenvalue weighted by Crippen LogP contribution is -2.58. The Hall–Kier alpha value is -1.82. The van der Waals surface area contributed by atoms with Crippen LogP contribution in [-0.2, 0) is 6.42 Å². The highest BCUT2D eigenvalue weighted by Crippen LogP contribution is 2.35. The number of fused-ring (bicyclic) bond motifs is 3. The fourth-order valence-electron chi connectivity index (χ4n) is 3.25. The predicted molar refractivity (Wildman–Crippen MR) is 73.9 cm³/mol. The van der Waals surface area contributed by atoms with Gasteiger partial charge >= 0.3 is 6.09 Å². The molecule has 0 bridgehead atoms. The van der Waals surface area contributed by atoms with Crippen molar-refractivity contribution < 1.29 is 15.0 Å². The second kappa shape index (κ2) is 4.63. The third-order valence-corrected chi connectivity index (χ3v) is 4.16. The Bertz CT molecular complexity index is 546. The normalized spacial score (nSPS) is 26.1. The number of carboxylic acid groups (broad SMARTS) is 1. The van der Waals surface area contributed by atoms with Gasteiger partial charge in [-0.1, -0.05) is 6.07 Å². The smallest absolute Gasteiger partial charge is 0.407 e. The Balaban J connectivity index is 1.92. The number of aromatic nitrogens is 1. The van der Waals surface area contributed by atoms with Crippen molar-refractivity contribution in [1.29, 1.82) is 0 Å². The molecule has 1 saturated heterocycles. The Morgan fingerprint density at radius 1 is 1.45 bits per heavy atom. The van der Waals surface area contributed by atoms with Crippen LogP contribution in [0.15, 0.2) is 12.1 Å². The van der Waals surface area contributed by atoms with Crippen molar-refractivity contribution in [2.45, 2.75) is 38.5 Å². The van der Waals surface area contributed by atoms with Crippen LogP contribution in [0.2, 0.25) is 0 Å². The van der Waals surface area contributed by atoms with Crippen LogP contribution in [0.4, 0.5) is 10.6 Å². The van der Waals surface area contributed by atoms with E-state index in [0.717, 1.165) is 17.8 Å². The summed E-state index contributed by atoms with van der Waals surface area (Å²) < 4.78 is 0. The molecule has 0 saturated carbocycles. The molecule has 0 unspecified atom stereocenters. The zero-order valence-electron chi connectivity index (χ0n) is 11.7. The quantitative estimate of drug-likeness (QED) is 0.808. The molecule has 3 atom stereocenters. The highest BCUT2D eigenvalue weighted by molar-refractivity contribution is 5.67. The van der Waals surface area contributed by atoms with Crippen LogP contribution in [0.5, 0.6) is 0 Å². The maximum atomic E-state index is 11.2. The molecule has 2 aliphatic heterocycles. The summed E-state index contributed by atoms with van der Waals surface area (Å²) >= 11 is 0. The van der Waals surface area contributed by atoms with Gasteiger partial charge in [0, 0.05) is 19.1 Å². The van der Waals surface area contributed by atoms with Crippen molar-refractivity contribution in [3.63, 3.8) is 0 Å². The summed E-state index contributed by atoms with van der Waals surface area (Å²) in [5.74, 6) is 0.908. The van der Waals surface area contributed by atoms with E-state index in [0.29, 0.717) is 18.8 Å². The van der Waals surface area contributed by atoms with Gasteiger partial charge in [0.1, 0.15) is 5.82 Å². The van der Waals surface area contributed by atoms with E-state index in [-0.39, 0.29) is 12.1 Å². The van der Waals surface area contributed by atoms with Crippen molar-refractivity contribution in [1.82, 2.24) is 9.88 Å². The third kappa shape index (κ3) is 2.00. The lowest BCUT2D eigenvalue weighted by Gasteiger charge is -2.42. The molecule has 1 aromatic rings. The summed E-state index contributed by atoms with van der Waals surface area (Å²) in [6.45, 7) is 4.73. The lowest BCUT2D eigenvalue weighted by atomic mass is 10.1. The summed E-state index contributed by atoms with van der Waals surface area (Å²) in [5, 5.41) is 18.8. The number of pyridine rings is 1. The predicted octanol–water partition coefficient (Wildman–Crippen LogP) is 1.25. The van der Waals surface area contributed by atoms with Gasteiger partial charge in [0.15, 0.2) is 0 Å². The monoisotopic (exact) mass is 277 g/mol. The van der Waals surface area contributed by atoms with Crippen LogP contribution >= 0.6 is 0 Å². The number of amides is 1. The van der Waals surface area contributed by atoms with Crippen LogP contribution in [0, 0.1) is 0 Å². The number of rotatable bonds is 1.